The van der Waals surface area contributed by atoms with Gasteiger partial charge in [-0.05, 0) is 29.7 Å². The van der Waals surface area contributed by atoms with Crippen LogP contribution < -0.4 is 5.32 Å². The summed E-state index contributed by atoms with van der Waals surface area (Å²) in [5.74, 6) is 0.152. The van der Waals surface area contributed by atoms with Crippen LogP contribution in [0.4, 0.5) is 5.82 Å². The highest BCUT2D eigenvalue weighted by molar-refractivity contribution is 7.21. The fourth-order valence-electron chi connectivity index (χ4n) is 2.09. The number of aromatic nitrogens is 4. The zero-order chi connectivity index (χ0) is 15.6. The van der Waals surface area contributed by atoms with E-state index >= 15 is 0 Å². The highest BCUT2D eigenvalue weighted by Gasteiger charge is 2.19. The van der Waals surface area contributed by atoms with Crippen LogP contribution in [0.1, 0.15) is 10.5 Å². The van der Waals surface area contributed by atoms with E-state index in [4.69, 9.17) is 0 Å². The van der Waals surface area contributed by atoms with Crippen molar-refractivity contribution in [2.75, 3.05) is 5.32 Å². The summed E-state index contributed by atoms with van der Waals surface area (Å²) >= 11 is 2.75. The Morgan fingerprint density at radius 1 is 1.09 bits per heavy atom. The van der Waals surface area contributed by atoms with Crippen molar-refractivity contribution >= 4 is 44.8 Å². The largest absolute Gasteiger partial charge is 0.304 e. The Hall–Kier alpha value is -2.71. The second-order valence-corrected chi connectivity index (χ2v) is 6.28. The summed E-state index contributed by atoms with van der Waals surface area (Å²) < 4.78 is 5.11. The van der Waals surface area contributed by atoms with Gasteiger partial charge in [-0.3, -0.25) is 4.79 Å². The van der Waals surface area contributed by atoms with E-state index in [1.54, 1.807) is 17.6 Å². The van der Waals surface area contributed by atoms with E-state index in [9.17, 15) is 4.79 Å². The predicted octanol–water partition coefficient (Wildman–Crippen LogP) is 3.46. The second kappa shape index (κ2) is 5.82. The van der Waals surface area contributed by atoms with Crippen LogP contribution >= 0.6 is 22.9 Å². The molecule has 1 N–H and O–H groups in total. The SMILES string of the molecule is O=C(Nc1ccsn1)c1nccnc1-c1nc2ccccc2s1. The van der Waals surface area contributed by atoms with Crippen LogP contribution in [0.25, 0.3) is 20.9 Å². The molecule has 0 aliphatic rings. The Labute approximate surface area is 139 Å². The molecule has 4 aromatic rings. The van der Waals surface area contributed by atoms with Gasteiger partial charge >= 0.3 is 0 Å². The number of rotatable bonds is 3. The third-order valence-corrected chi connectivity index (χ3v) is 4.69. The van der Waals surface area contributed by atoms with E-state index in [0.29, 0.717) is 16.5 Å². The molecule has 1 amide bonds. The first-order valence-electron chi connectivity index (χ1n) is 6.70. The van der Waals surface area contributed by atoms with Crippen molar-refractivity contribution in [3.05, 3.63) is 53.8 Å². The number of anilines is 1. The highest BCUT2D eigenvalue weighted by Crippen LogP contribution is 2.30. The van der Waals surface area contributed by atoms with Crippen molar-refractivity contribution in [1.82, 2.24) is 19.3 Å². The van der Waals surface area contributed by atoms with Gasteiger partial charge in [-0.1, -0.05) is 12.1 Å². The van der Waals surface area contributed by atoms with E-state index in [-0.39, 0.29) is 11.6 Å². The predicted molar refractivity (Wildman–Crippen MR) is 90.7 cm³/mol. The van der Waals surface area contributed by atoms with E-state index in [0.717, 1.165) is 10.2 Å². The molecule has 6 nitrogen and oxygen atoms in total. The molecule has 3 heterocycles. The maximum Gasteiger partial charge on any atom is 0.277 e. The maximum absolute atomic E-state index is 12.4. The Morgan fingerprint density at radius 3 is 2.78 bits per heavy atom. The van der Waals surface area contributed by atoms with Crippen LogP contribution in [0.3, 0.4) is 0 Å². The molecular formula is C15H9N5OS2. The highest BCUT2D eigenvalue weighted by atomic mass is 32.1. The number of thiazole rings is 1. The lowest BCUT2D eigenvalue weighted by Gasteiger charge is -2.04. The summed E-state index contributed by atoms with van der Waals surface area (Å²) in [6.45, 7) is 0. The average Bonchev–Trinajstić information content (AvgIpc) is 3.23. The normalized spacial score (nSPS) is 10.8. The minimum Gasteiger partial charge on any atom is -0.304 e. The molecule has 0 unspecified atom stereocenters. The molecule has 0 aliphatic carbocycles. The molecular weight excluding hydrogens is 330 g/mol. The van der Waals surface area contributed by atoms with Crippen molar-refractivity contribution in [1.29, 1.82) is 0 Å². The molecule has 0 bridgehead atoms. The minimum atomic E-state index is -0.349. The number of benzene rings is 1. The Balaban J connectivity index is 1.75. The third kappa shape index (κ3) is 2.69. The number of fused-ring (bicyclic) bond motifs is 1. The molecule has 0 radical (unpaired) electrons. The summed E-state index contributed by atoms with van der Waals surface area (Å²) in [6.07, 6.45) is 3.05. The van der Waals surface area contributed by atoms with E-state index < -0.39 is 0 Å². The van der Waals surface area contributed by atoms with Crippen LogP contribution in [-0.4, -0.2) is 25.2 Å². The van der Waals surface area contributed by atoms with Crippen molar-refractivity contribution in [2.45, 2.75) is 0 Å². The van der Waals surface area contributed by atoms with Gasteiger partial charge in [-0.25, -0.2) is 15.0 Å². The summed E-state index contributed by atoms with van der Waals surface area (Å²) in [5, 5.41) is 5.18. The van der Waals surface area contributed by atoms with Gasteiger partial charge < -0.3 is 5.32 Å². The van der Waals surface area contributed by atoms with Gasteiger partial charge in [0.2, 0.25) is 0 Å². The monoisotopic (exact) mass is 339 g/mol. The van der Waals surface area contributed by atoms with Gasteiger partial charge in [0.1, 0.15) is 16.5 Å². The summed E-state index contributed by atoms with van der Waals surface area (Å²) in [5.41, 5.74) is 1.59. The second-order valence-electron chi connectivity index (χ2n) is 4.58. The zero-order valence-corrected chi connectivity index (χ0v) is 13.3. The number of hydrogen-bond acceptors (Lipinski definition) is 7. The fourth-order valence-corrected chi connectivity index (χ4v) is 3.52. The molecule has 8 heteroatoms. The van der Waals surface area contributed by atoms with Crippen molar-refractivity contribution < 1.29 is 4.79 Å². The smallest absolute Gasteiger partial charge is 0.277 e. The molecule has 0 aliphatic heterocycles. The molecule has 0 atom stereocenters. The number of para-hydroxylation sites is 1. The summed E-state index contributed by atoms with van der Waals surface area (Å²) in [7, 11) is 0. The molecule has 0 saturated heterocycles. The number of carbonyl (C=O) groups excluding carboxylic acids is 1. The first-order chi connectivity index (χ1) is 11.3. The number of nitrogens with one attached hydrogen (secondary N) is 1. The lowest BCUT2D eigenvalue weighted by molar-refractivity contribution is 0.102. The number of hydrogen-bond donors (Lipinski definition) is 1. The summed E-state index contributed by atoms with van der Waals surface area (Å²) in [6, 6.07) is 9.54. The zero-order valence-electron chi connectivity index (χ0n) is 11.6. The van der Waals surface area contributed by atoms with Gasteiger partial charge in [-0.15, -0.1) is 11.3 Å². The maximum atomic E-state index is 12.4. The molecule has 112 valence electrons. The molecule has 0 spiro atoms. The van der Waals surface area contributed by atoms with Gasteiger partial charge in [0.25, 0.3) is 5.91 Å². The Morgan fingerprint density at radius 2 is 1.96 bits per heavy atom. The fraction of sp³-hybridized carbons (Fsp3) is 0. The minimum absolute atomic E-state index is 0.236. The topological polar surface area (TPSA) is 80.7 Å². The molecule has 3 aromatic heterocycles. The molecule has 0 fully saturated rings. The molecule has 23 heavy (non-hydrogen) atoms. The number of carbonyl (C=O) groups is 1. The molecule has 0 saturated carbocycles. The van der Waals surface area contributed by atoms with E-state index in [1.165, 1.54) is 29.1 Å². The molecule has 4 rings (SSSR count). The van der Waals surface area contributed by atoms with Crippen LogP contribution in [0.2, 0.25) is 0 Å². The Kier molecular flexibility index (Phi) is 3.52. The quantitative estimate of drug-likeness (QED) is 0.618. The lowest BCUT2D eigenvalue weighted by Crippen LogP contribution is -2.15. The van der Waals surface area contributed by atoms with Crippen molar-refractivity contribution in [2.24, 2.45) is 0 Å². The van der Waals surface area contributed by atoms with Gasteiger partial charge in [0, 0.05) is 17.8 Å². The van der Waals surface area contributed by atoms with Crippen LogP contribution in [0.5, 0.6) is 0 Å². The number of nitrogens with zero attached hydrogens (tertiary/aromatic N) is 4. The van der Waals surface area contributed by atoms with Crippen LogP contribution in [0.15, 0.2) is 48.1 Å². The molecule has 1 aromatic carbocycles. The third-order valence-electron chi connectivity index (χ3n) is 3.09. The lowest BCUT2D eigenvalue weighted by atomic mass is 10.3. The summed E-state index contributed by atoms with van der Waals surface area (Å²) in [4.78, 5) is 25.5. The first-order valence-corrected chi connectivity index (χ1v) is 8.35. The number of amides is 1. The van der Waals surface area contributed by atoms with Gasteiger partial charge in [0.15, 0.2) is 5.69 Å². The van der Waals surface area contributed by atoms with Crippen LogP contribution in [-0.2, 0) is 0 Å². The van der Waals surface area contributed by atoms with E-state index in [2.05, 4.69) is 24.6 Å². The van der Waals surface area contributed by atoms with Crippen LogP contribution in [0, 0.1) is 0 Å². The first kappa shape index (κ1) is 13.9. The standard InChI is InChI=1S/C15H9N5OS2/c21-14(19-11-5-8-22-20-11)12-13(17-7-6-16-12)15-18-9-3-1-2-4-10(9)23-15/h1-8H,(H,19,20,21). The van der Waals surface area contributed by atoms with Crippen molar-refractivity contribution in [3.63, 3.8) is 0 Å². The van der Waals surface area contributed by atoms with Gasteiger partial charge in [0.05, 0.1) is 10.2 Å². The average molecular weight is 339 g/mol. The van der Waals surface area contributed by atoms with Crippen molar-refractivity contribution in [3.8, 4) is 10.7 Å². The Bertz CT molecular complexity index is 947. The van der Waals surface area contributed by atoms with Gasteiger partial charge in [-0.2, -0.15) is 4.37 Å². The van der Waals surface area contributed by atoms with E-state index in [1.807, 2.05) is 24.3 Å².